The second kappa shape index (κ2) is 6.78. The molecule has 0 amide bonds. The lowest BCUT2D eigenvalue weighted by Crippen LogP contribution is -2.14. The fraction of sp³-hybridized carbons (Fsp3) is 0.118. The normalized spacial score (nSPS) is 12.0. The van der Waals surface area contributed by atoms with E-state index in [1.807, 2.05) is 0 Å². The zero-order valence-corrected chi connectivity index (χ0v) is 14.5. The van der Waals surface area contributed by atoms with E-state index in [1.54, 1.807) is 25.1 Å². The van der Waals surface area contributed by atoms with Crippen LogP contribution in [0, 0.1) is 18.6 Å². The summed E-state index contributed by atoms with van der Waals surface area (Å²) >= 11 is 0. The topological polar surface area (TPSA) is 86.2 Å². The van der Waals surface area contributed by atoms with Crippen LogP contribution < -0.4 is 5.14 Å². The van der Waals surface area contributed by atoms with E-state index >= 15 is 0 Å². The summed E-state index contributed by atoms with van der Waals surface area (Å²) in [5.74, 6) is -3.61. The maximum atomic E-state index is 14.5. The lowest BCUT2D eigenvalue weighted by atomic mass is 9.97. The Labute approximate surface area is 151 Å². The largest absolute Gasteiger partial charge is 0.354 e. The van der Waals surface area contributed by atoms with E-state index in [4.69, 9.17) is 5.14 Å². The fourth-order valence-corrected chi connectivity index (χ4v) is 3.24. The molecule has 0 aliphatic carbocycles. The molecule has 0 unspecified atom stereocenters. The van der Waals surface area contributed by atoms with E-state index in [-0.39, 0.29) is 5.69 Å². The van der Waals surface area contributed by atoms with E-state index in [1.165, 1.54) is 6.07 Å². The molecule has 2 aromatic carbocycles. The first kappa shape index (κ1) is 19.1. The lowest BCUT2D eigenvalue weighted by Gasteiger charge is -2.09. The maximum absolute atomic E-state index is 14.5. The Bertz CT molecular complexity index is 1130. The minimum atomic E-state index is -4.54. The zero-order valence-electron chi connectivity index (χ0n) is 13.7. The molecule has 142 valence electrons. The van der Waals surface area contributed by atoms with E-state index in [0.29, 0.717) is 17.7 Å². The van der Waals surface area contributed by atoms with Crippen LogP contribution in [0.3, 0.4) is 0 Å². The number of nitrogens with two attached hydrogens (primary N) is 1. The molecule has 1 aromatic heterocycles. The van der Waals surface area contributed by atoms with Crippen LogP contribution in [0.4, 0.5) is 17.6 Å². The van der Waals surface area contributed by atoms with Crippen LogP contribution in [-0.2, 0) is 10.0 Å². The number of halogens is 4. The van der Waals surface area contributed by atoms with Crippen LogP contribution in [0.15, 0.2) is 45.8 Å². The molecule has 0 atom stereocenters. The van der Waals surface area contributed by atoms with Gasteiger partial charge in [-0.25, -0.2) is 31.1 Å². The highest BCUT2D eigenvalue weighted by atomic mass is 32.2. The fourth-order valence-electron chi connectivity index (χ4n) is 2.64. The maximum Gasteiger partial charge on any atom is 0.298 e. The van der Waals surface area contributed by atoms with Gasteiger partial charge in [-0.1, -0.05) is 28.9 Å². The van der Waals surface area contributed by atoms with Gasteiger partial charge in [0.15, 0.2) is 0 Å². The highest BCUT2D eigenvalue weighted by Gasteiger charge is 2.29. The highest BCUT2D eigenvalue weighted by Crippen LogP contribution is 2.41. The second-order valence-electron chi connectivity index (χ2n) is 5.75. The van der Waals surface area contributed by atoms with Crippen molar-refractivity contribution in [3.05, 3.63) is 59.4 Å². The average molecular weight is 400 g/mol. The van der Waals surface area contributed by atoms with Gasteiger partial charge in [-0.05, 0) is 25.1 Å². The van der Waals surface area contributed by atoms with Crippen molar-refractivity contribution < 1.29 is 30.5 Å². The van der Waals surface area contributed by atoms with E-state index in [9.17, 15) is 26.0 Å². The van der Waals surface area contributed by atoms with E-state index in [0.717, 1.165) is 5.56 Å². The Morgan fingerprint density at radius 3 is 2.41 bits per heavy atom. The molecule has 0 fully saturated rings. The molecule has 0 aliphatic heterocycles. The van der Waals surface area contributed by atoms with Gasteiger partial charge in [-0.3, -0.25) is 0 Å². The van der Waals surface area contributed by atoms with Crippen LogP contribution >= 0.6 is 0 Å². The molecule has 0 bridgehead atoms. The number of nitrogens with zero attached hydrogens (tertiary/aromatic N) is 1. The smallest absolute Gasteiger partial charge is 0.298 e. The predicted molar refractivity (Wildman–Crippen MR) is 88.4 cm³/mol. The second-order valence-corrected chi connectivity index (χ2v) is 7.28. The third-order valence-corrected chi connectivity index (χ3v) is 4.73. The average Bonchev–Trinajstić information content (AvgIpc) is 3.00. The van der Waals surface area contributed by atoms with Gasteiger partial charge in [0.25, 0.3) is 6.43 Å². The molecule has 27 heavy (non-hydrogen) atoms. The molecule has 0 radical (unpaired) electrons. The summed E-state index contributed by atoms with van der Waals surface area (Å²) in [7, 11) is -4.54. The van der Waals surface area contributed by atoms with Crippen molar-refractivity contribution >= 4 is 10.0 Å². The van der Waals surface area contributed by atoms with Crippen molar-refractivity contribution in [3.63, 3.8) is 0 Å². The third-order valence-electron chi connectivity index (χ3n) is 3.81. The first-order chi connectivity index (χ1) is 12.6. The molecule has 3 rings (SSSR count). The van der Waals surface area contributed by atoms with Crippen LogP contribution in [0.25, 0.3) is 22.4 Å². The van der Waals surface area contributed by atoms with Crippen molar-refractivity contribution in [2.45, 2.75) is 18.2 Å². The number of hydrogen-bond donors (Lipinski definition) is 1. The number of aryl methyl sites for hydroxylation is 1. The Hall–Kier alpha value is -2.72. The van der Waals surface area contributed by atoms with Crippen molar-refractivity contribution in [2.24, 2.45) is 5.14 Å². The predicted octanol–water partition coefficient (Wildman–Crippen LogP) is 4.18. The van der Waals surface area contributed by atoms with E-state index in [2.05, 4.69) is 9.68 Å². The standard InChI is InChI=1S/C17H12F4N2O3S/c1-8-3-2-4-9(5-8)15-14(16(17(20)21)26-23-15)10-6-12(19)13(7-11(10)18)27(22,24)25/h2-7,17H,1H3,(H2,22,24,25). The number of alkyl halides is 2. The van der Waals surface area contributed by atoms with Gasteiger partial charge in [0.05, 0.1) is 5.56 Å². The van der Waals surface area contributed by atoms with Crippen LogP contribution in [0.1, 0.15) is 17.7 Å². The van der Waals surface area contributed by atoms with Gasteiger partial charge in [-0.15, -0.1) is 0 Å². The SMILES string of the molecule is Cc1cccc(-c2noc(C(F)F)c2-c2cc(F)c(S(N)(=O)=O)cc2F)c1. The number of aromatic nitrogens is 1. The number of hydrogen-bond acceptors (Lipinski definition) is 4. The number of rotatable bonds is 4. The highest BCUT2D eigenvalue weighted by molar-refractivity contribution is 7.89. The zero-order chi connectivity index (χ0) is 19.9. The summed E-state index contributed by atoms with van der Waals surface area (Å²) in [5, 5.41) is 8.41. The Morgan fingerprint density at radius 2 is 1.81 bits per heavy atom. The molecule has 0 spiro atoms. The summed E-state index contributed by atoms with van der Waals surface area (Å²) in [5.41, 5.74) is -0.0937. The summed E-state index contributed by atoms with van der Waals surface area (Å²) in [6, 6.07) is 7.33. The molecule has 10 heteroatoms. The molecule has 0 saturated heterocycles. The molecule has 5 nitrogen and oxygen atoms in total. The van der Waals surface area contributed by atoms with Crippen molar-refractivity contribution in [2.75, 3.05) is 0 Å². The van der Waals surface area contributed by atoms with Gasteiger partial charge < -0.3 is 4.52 Å². The van der Waals surface area contributed by atoms with Gasteiger partial charge in [-0.2, -0.15) is 0 Å². The minimum absolute atomic E-state index is 0.129. The van der Waals surface area contributed by atoms with Gasteiger partial charge in [0, 0.05) is 11.1 Å². The monoisotopic (exact) mass is 400 g/mol. The number of primary sulfonamides is 1. The van der Waals surface area contributed by atoms with Crippen LogP contribution in [-0.4, -0.2) is 13.6 Å². The molecule has 3 aromatic rings. The van der Waals surface area contributed by atoms with Crippen molar-refractivity contribution in [3.8, 4) is 22.4 Å². The lowest BCUT2D eigenvalue weighted by molar-refractivity contribution is 0.113. The Kier molecular flexibility index (Phi) is 4.79. The van der Waals surface area contributed by atoms with Crippen molar-refractivity contribution in [1.82, 2.24) is 5.16 Å². The summed E-state index contributed by atoms with van der Waals surface area (Å²) < 4.78 is 82.8. The molecule has 1 heterocycles. The summed E-state index contributed by atoms with van der Waals surface area (Å²) in [6.07, 6.45) is -3.16. The molecular weight excluding hydrogens is 388 g/mol. The summed E-state index contributed by atoms with van der Waals surface area (Å²) in [4.78, 5) is -1.09. The van der Waals surface area contributed by atoms with Crippen molar-refractivity contribution in [1.29, 1.82) is 0 Å². The Balaban J connectivity index is 2.31. The quantitative estimate of drug-likeness (QED) is 0.666. The Morgan fingerprint density at radius 1 is 1.11 bits per heavy atom. The summed E-state index contributed by atoms with van der Waals surface area (Å²) in [6.45, 7) is 1.75. The van der Waals surface area contributed by atoms with Gasteiger partial charge >= 0.3 is 0 Å². The van der Waals surface area contributed by atoms with Crippen LogP contribution in [0.5, 0.6) is 0 Å². The number of benzene rings is 2. The van der Waals surface area contributed by atoms with Crippen LogP contribution in [0.2, 0.25) is 0 Å². The molecule has 2 N–H and O–H groups in total. The first-order valence-electron chi connectivity index (χ1n) is 7.46. The van der Waals surface area contributed by atoms with Gasteiger partial charge in [0.1, 0.15) is 22.2 Å². The van der Waals surface area contributed by atoms with E-state index < -0.39 is 49.9 Å². The minimum Gasteiger partial charge on any atom is -0.354 e. The molecular formula is C17H12F4N2O3S. The molecule has 0 aliphatic rings. The molecule has 0 saturated carbocycles. The first-order valence-corrected chi connectivity index (χ1v) is 9.01. The number of sulfonamides is 1. The van der Waals surface area contributed by atoms with Gasteiger partial charge in [0.2, 0.25) is 15.8 Å². The third kappa shape index (κ3) is 3.58.